The summed E-state index contributed by atoms with van der Waals surface area (Å²) >= 11 is 0. The second kappa shape index (κ2) is 10.5. The van der Waals surface area contributed by atoms with E-state index in [9.17, 15) is 22.0 Å². The zero-order valence-corrected chi connectivity index (χ0v) is 18.4. The largest absolute Gasteiger partial charge is 0.351 e. The van der Waals surface area contributed by atoms with Gasteiger partial charge in [-0.05, 0) is 46.5 Å². The summed E-state index contributed by atoms with van der Waals surface area (Å²) < 4.78 is 52.2. The molecule has 0 aliphatic heterocycles. The number of alkyl halides is 1. The van der Waals surface area contributed by atoms with E-state index in [0.717, 1.165) is 33.1 Å². The fraction of sp³-hybridized carbons (Fsp3) is 0.208. The van der Waals surface area contributed by atoms with Gasteiger partial charge in [-0.15, -0.1) is 0 Å². The lowest BCUT2D eigenvalue weighted by atomic mass is 10.0. The molecule has 1 amide bonds. The van der Waals surface area contributed by atoms with Gasteiger partial charge in [-0.25, -0.2) is 17.2 Å². The molecule has 0 aliphatic carbocycles. The maximum atomic E-state index is 13.1. The summed E-state index contributed by atoms with van der Waals surface area (Å²) in [5, 5.41) is 2.72. The van der Waals surface area contributed by atoms with Crippen molar-refractivity contribution in [2.24, 2.45) is 0 Å². The van der Waals surface area contributed by atoms with Crippen LogP contribution in [0, 0.1) is 5.82 Å². The molecule has 3 rings (SSSR count). The molecule has 0 fully saturated rings. The van der Waals surface area contributed by atoms with Crippen molar-refractivity contribution in [3.8, 4) is 11.1 Å². The topological polar surface area (TPSA) is 66.5 Å². The van der Waals surface area contributed by atoms with Crippen molar-refractivity contribution in [2.75, 3.05) is 13.1 Å². The Labute approximate surface area is 186 Å². The Morgan fingerprint density at radius 3 is 1.91 bits per heavy atom. The van der Waals surface area contributed by atoms with Crippen molar-refractivity contribution in [3.05, 3.63) is 89.7 Å². The summed E-state index contributed by atoms with van der Waals surface area (Å²) in [5.41, 5.74) is 3.40. The molecule has 0 unspecified atom stereocenters. The molecule has 8 heteroatoms. The SMILES string of the molecule is CCN(CC(=O)NCc1ccc(-c2ccc(CF)cc2)cc1)S(=O)(=O)c1ccc(F)cc1. The Balaban J connectivity index is 1.59. The number of carbonyl (C=O) groups is 1. The maximum absolute atomic E-state index is 13.1. The van der Waals surface area contributed by atoms with Gasteiger partial charge in [0.2, 0.25) is 15.9 Å². The van der Waals surface area contributed by atoms with Crippen LogP contribution in [0.5, 0.6) is 0 Å². The molecule has 0 aliphatic rings. The maximum Gasteiger partial charge on any atom is 0.243 e. The number of carbonyl (C=O) groups excluding carboxylic acids is 1. The summed E-state index contributed by atoms with van der Waals surface area (Å²) in [6.07, 6.45) is 0. The van der Waals surface area contributed by atoms with Crippen LogP contribution in [0.4, 0.5) is 8.78 Å². The molecule has 3 aromatic carbocycles. The van der Waals surface area contributed by atoms with Gasteiger partial charge < -0.3 is 5.32 Å². The van der Waals surface area contributed by atoms with Crippen LogP contribution in [0.3, 0.4) is 0 Å². The van der Waals surface area contributed by atoms with Crippen molar-refractivity contribution in [2.45, 2.75) is 25.0 Å². The van der Waals surface area contributed by atoms with Crippen LogP contribution >= 0.6 is 0 Å². The highest BCUT2D eigenvalue weighted by atomic mass is 32.2. The van der Waals surface area contributed by atoms with Crippen LogP contribution in [0.2, 0.25) is 0 Å². The van der Waals surface area contributed by atoms with Crippen molar-refractivity contribution < 1.29 is 22.0 Å². The number of rotatable bonds is 9. The molecule has 0 atom stereocenters. The van der Waals surface area contributed by atoms with E-state index in [1.54, 1.807) is 19.1 Å². The molecule has 0 saturated heterocycles. The first kappa shape index (κ1) is 23.6. The monoisotopic (exact) mass is 458 g/mol. The highest BCUT2D eigenvalue weighted by Crippen LogP contribution is 2.21. The molecular weight excluding hydrogens is 434 g/mol. The van der Waals surface area contributed by atoms with Crippen molar-refractivity contribution >= 4 is 15.9 Å². The zero-order chi connectivity index (χ0) is 23.1. The van der Waals surface area contributed by atoms with E-state index in [0.29, 0.717) is 5.56 Å². The van der Waals surface area contributed by atoms with E-state index in [2.05, 4.69) is 5.32 Å². The lowest BCUT2D eigenvalue weighted by Gasteiger charge is -2.20. The van der Waals surface area contributed by atoms with Gasteiger partial charge in [-0.2, -0.15) is 4.31 Å². The van der Waals surface area contributed by atoms with E-state index in [1.807, 2.05) is 36.4 Å². The van der Waals surface area contributed by atoms with Crippen LogP contribution in [-0.2, 0) is 28.0 Å². The third-order valence-electron chi connectivity index (χ3n) is 5.01. The lowest BCUT2D eigenvalue weighted by molar-refractivity contribution is -0.121. The summed E-state index contributed by atoms with van der Waals surface area (Å²) in [6, 6.07) is 19.2. The summed E-state index contributed by atoms with van der Waals surface area (Å²) in [6.45, 7) is 1.14. The van der Waals surface area contributed by atoms with Crippen LogP contribution in [0.25, 0.3) is 11.1 Å². The Hall–Kier alpha value is -3.10. The fourth-order valence-corrected chi connectivity index (χ4v) is 4.55. The molecule has 1 N–H and O–H groups in total. The minimum absolute atomic E-state index is 0.0660. The minimum atomic E-state index is -3.90. The molecule has 0 radical (unpaired) electrons. The third kappa shape index (κ3) is 5.77. The second-order valence-electron chi connectivity index (χ2n) is 7.19. The van der Waals surface area contributed by atoms with Crippen LogP contribution < -0.4 is 5.32 Å². The highest BCUT2D eigenvalue weighted by Gasteiger charge is 2.25. The lowest BCUT2D eigenvalue weighted by Crippen LogP contribution is -2.40. The average molecular weight is 459 g/mol. The van der Waals surface area contributed by atoms with E-state index in [-0.39, 0.29) is 24.5 Å². The molecular formula is C24H24F2N2O3S. The predicted octanol–water partition coefficient (Wildman–Crippen LogP) is 4.29. The Kier molecular flexibility index (Phi) is 7.71. The van der Waals surface area contributed by atoms with E-state index < -0.39 is 28.4 Å². The number of hydrogen-bond acceptors (Lipinski definition) is 3. The fourth-order valence-electron chi connectivity index (χ4n) is 3.14. The van der Waals surface area contributed by atoms with Crippen LogP contribution in [-0.4, -0.2) is 31.7 Å². The van der Waals surface area contributed by atoms with Gasteiger partial charge in [0.25, 0.3) is 0 Å². The number of benzene rings is 3. The first-order chi connectivity index (χ1) is 15.3. The van der Waals surface area contributed by atoms with Crippen molar-refractivity contribution in [1.29, 1.82) is 0 Å². The molecule has 0 heterocycles. The first-order valence-electron chi connectivity index (χ1n) is 10.1. The number of halogens is 2. The van der Waals surface area contributed by atoms with Gasteiger partial charge in [0.05, 0.1) is 11.4 Å². The summed E-state index contributed by atoms with van der Waals surface area (Å²) in [4.78, 5) is 12.3. The smallest absolute Gasteiger partial charge is 0.243 e. The molecule has 32 heavy (non-hydrogen) atoms. The van der Waals surface area contributed by atoms with Gasteiger partial charge in [-0.3, -0.25) is 4.79 Å². The number of nitrogens with zero attached hydrogens (tertiary/aromatic N) is 1. The van der Waals surface area contributed by atoms with Crippen LogP contribution in [0.15, 0.2) is 77.7 Å². The zero-order valence-electron chi connectivity index (χ0n) is 17.6. The number of amides is 1. The number of likely N-dealkylation sites (N-methyl/N-ethyl adjacent to an activating group) is 1. The van der Waals surface area contributed by atoms with Crippen LogP contribution in [0.1, 0.15) is 18.1 Å². The number of sulfonamides is 1. The normalized spacial score (nSPS) is 11.5. The molecule has 168 valence electrons. The van der Waals surface area contributed by atoms with E-state index in [1.165, 1.54) is 12.1 Å². The first-order valence-corrected chi connectivity index (χ1v) is 11.5. The Bertz CT molecular complexity index is 1150. The molecule has 0 aromatic heterocycles. The standard InChI is InChI=1S/C24H24F2N2O3S/c1-2-28(32(30,31)23-13-11-22(26)12-14-23)17-24(29)27-16-19-5-9-21(10-6-19)20-7-3-18(15-25)4-8-20/h3-14H,2,15-17H2,1H3,(H,27,29). The number of nitrogens with one attached hydrogen (secondary N) is 1. The molecule has 0 saturated carbocycles. The van der Waals surface area contributed by atoms with E-state index >= 15 is 0 Å². The Morgan fingerprint density at radius 1 is 0.875 bits per heavy atom. The molecule has 3 aromatic rings. The second-order valence-corrected chi connectivity index (χ2v) is 9.13. The third-order valence-corrected chi connectivity index (χ3v) is 6.94. The van der Waals surface area contributed by atoms with Gasteiger partial charge in [-0.1, -0.05) is 55.5 Å². The quantitative estimate of drug-likeness (QED) is 0.520. The van der Waals surface area contributed by atoms with Gasteiger partial charge in [0, 0.05) is 13.1 Å². The average Bonchev–Trinajstić information content (AvgIpc) is 2.81. The molecule has 0 bridgehead atoms. The van der Waals surface area contributed by atoms with E-state index in [4.69, 9.17) is 0 Å². The predicted molar refractivity (Wildman–Crippen MR) is 119 cm³/mol. The van der Waals surface area contributed by atoms with Gasteiger partial charge in [0.1, 0.15) is 12.5 Å². The minimum Gasteiger partial charge on any atom is -0.351 e. The van der Waals surface area contributed by atoms with Crippen molar-refractivity contribution in [1.82, 2.24) is 9.62 Å². The van der Waals surface area contributed by atoms with Gasteiger partial charge >= 0.3 is 0 Å². The highest BCUT2D eigenvalue weighted by molar-refractivity contribution is 7.89. The molecule has 0 spiro atoms. The van der Waals surface area contributed by atoms with Crippen molar-refractivity contribution in [3.63, 3.8) is 0 Å². The Morgan fingerprint density at radius 2 is 1.41 bits per heavy atom. The van der Waals surface area contributed by atoms with Gasteiger partial charge in [0.15, 0.2) is 0 Å². The summed E-state index contributed by atoms with van der Waals surface area (Å²) in [5.74, 6) is -0.976. The summed E-state index contributed by atoms with van der Waals surface area (Å²) in [7, 11) is -3.90. The molecule has 5 nitrogen and oxygen atoms in total. The number of hydrogen-bond donors (Lipinski definition) is 1.